The maximum atomic E-state index is 11.9. The summed E-state index contributed by atoms with van der Waals surface area (Å²) < 4.78 is 0. The van der Waals surface area contributed by atoms with Crippen LogP contribution in [0, 0.1) is 0 Å². The summed E-state index contributed by atoms with van der Waals surface area (Å²) in [5, 5.41) is 20.3. The molecular weight excluding hydrogens is 406 g/mol. The molecule has 0 aromatic carbocycles. The molecule has 0 spiro atoms. The fraction of sp³-hybridized carbons (Fsp3) is 0.808. The molecule has 0 aliphatic rings. The van der Waals surface area contributed by atoms with Gasteiger partial charge >= 0.3 is 11.9 Å². The van der Waals surface area contributed by atoms with Crippen molar-refractivity contribution in [3.63, 3.8) is 0 Å². The van der Waals surface area contributed by atoms with Gasteiger partial charge in [0.25, 0.3) is 0 Å². The third kappa shape index (κ3) is 21.4. The molecule has 0 aromatic rings. The third-order valence-electron chi connectivity index (χ3n) is 5.68. The summed E-state index contributed by atoms with van der Waals surface area (Å²) in [5.41, 5.74) is 0. The van der Waals surface area contributed by atoms with Gasteiger partial charge in [-0.05, 0) is 44.9 Å². The first-order valence-electron chi connectivity index (χ1n) is 12.9. The molecule has 0 radical (unpaired) electrons. The lowest BCUT2D eigenvalue weighted by Crippen LogP contribution is -2.40. The number of carbonyl (C=O) groups is 3. The number of allylic oxidation sites excluding steroid dienone is 2. The highest BCUT2D eigenvalue weighted by Crippen LogP contribution is 2.11. The maximum Gasteiger partial charge on any atom is 0.326 e. The Morgan fingerprint density at radius 2 is 1.19 bits per heavy atom. The van der Waals surface area contributed by atoms with E-state index in [4.69, 9.17) is 10.2 Å². The van der Waals surface area contributed by atoms with E-state index in [2.05, 4.69) is 24.4 Å². The van der Waals surface area contributed by atoms with Crippen LogP contribution in [-0.4, -0.2) is 34.1 Å². The second-order valence-corrected chi connectivity index (χ2v) is 8.79. The standard InChI is InChI=1S/C26H47NO5/c1-2-3-4-5-6-7-8-9-10-11-12-13-14-15-16-17-18-21-24(28)27-23(26(31)32)20-19-22-25(29)30/h9-10,23H,2-8,11-22H2,1H3,(H,27,28)(H,29,30)(H,31,32)/b10-9-/t23-/m1/s1. The number of nitrogens with one attached hydrogen (secondary N) is 1. The molecule has 0 aliphatic heterocycles. The molecule has 32 heavy (non-hydrogen) atoms. The second kappa shape index (κ2) is 22.3. The minimum atomic E-state index is -1.11. The van der Waals surface area contributed by atoms with E-state index in [-0.39, 0.29) is 25.2 Å². The minimum absolute atomic E-state index is 0.0882. The first-order valence-corrected chi connectivity index (χ1v) is 12.9. The third-order valence-corrected chi connectivity index (χ3v) is 5.68. The fourth-order valence-electron chi connectivity index (χ4n) is 3.69. The fourth-order valence-corrected chi connectivity index (χ4v) is 3.69. The van der Waals surface area contributed by atoms with Gasteiger partial charge in [-0.25, -0.2) is 4.79 Å². The maximum absolute atomic E-state index is 11.9. The van der Waals surface area contributed by atoms with Gasteiger partial charge in [-0.2, -0.15) is 0 Å². The number of hydrogen-bond acceptors (Lipinski definition) is 3. The van der Waals surface area contributed by atoms with Gasteiger partial charge < -0.3 is 15.5 Å². The van der Waals surface area contributed by atoms with Gasteiger partial charge in [0.05, 0.1) is 0 Å². The molecule has 186 valence electrons. The summed E-state index contributed by atoms with van der Waals surface area (Å²) in [6, 6.07) is -0.998. The van der Waals surface area contributed by atoms with Crippen LogP contribution in [0.15, 0.2) is 12.2 Å². The summed E-state index contributed by atoms with van der Waals surface area (Å²) in [4.78, 5) is 33.6. The van der Waals surface area contributed by atoms with Gasteiger partial charge in [-0.1, -0.05) is 83.3 Å². The number of carboxylic acid groups (broad SMARTS) is 2. The highest BCUT2D eigenvalue weighted by atomic mass is 16.4. The van der Waals surface area contributed by atoms with Crippen molar-refractivity contribution in [3.05, 3.63) is 12.2 Å². The van der Waals surface area contributed by atoms with Crippen molar-refractivity contribution in [2.75, 3.05) is 0 Å². The number of carbonyl (C=O) groups excluding carboxylic acids is 1. The van der Waals surface area contributed by atoms with Crippen LogP contribution in [0.1, 0.15) is 129 Å². The molecule has 6 nitrogen and oxygen atoms in total. The lowest BCUT2D eigenvalue weighted by Gasteiger charge is -2.14. The van der Waals surface area contributed by atoms with Crippen LogP contribution < -0.4 is 5.32 Å². The zero-order valence-corrected chi connectivity index (χ0v) is 20.3. The Morgan fingerprint density at radius 1 is 0.688 bits per heavy atom. The molecule has 0 saturated carbocycles. The van der Waals surface area contributed by atoms with Crippen LogP contribution in [0.3, 0.4) is 0 Å². The quantitative estimate of drug-likeness (QED) is 0.119. The molecule has 0 bridgehead atoms. The Morgan fingerprint density at radius 3 is 1.69 bits per heavy atom. The zero-order valence-electron chi connectivity index (χ0n) is 20.3. The Bertz CT molecular complexity index is 518. The van der Waals surface area contributed by atoms with Gasteiger partial charge in [0.2, 0.25) is 5.91 Å². The zero-order chi connectivity index (χ0) is 23.9. The number of hydrogen-bond donors (Lipinski definition) is 3. The summed E-state index contributed by atoms with van der Waals surface area (Å²) in [7, 11) is 0. The van der Waals surface area contributed by atoms with Crippen molar-refractivity contribution >= 4 is 17.8 Å². The van der Waals surface area contributed by atoms with Crippen molar-refractivity contribution in [2.24, 2.45) is 0 Å². The van der Waals surface area contributed by atoms with E-state index >= 15 is 0 Å². The molecule has 1 amide bonds. The van der Waals surface area contributed by atoms with Crippen molar-refractivity contribution < 1.29 is 24.6 Å². The van der Waals surface area contributed by atoms with E-state index in [9.17, 15) is 14.4 Å². The summed E-state index contributed by atoms with van der Waals surface area (Å²) in [5.74, 6) is -2.33. The Labute approximate surface area is 195 Å². The molecule has 0 fully saturated rings. The number of carboxylic acids is 2. The van der Waals surface area contributed by atoms with Crippen molar-refractivity contribution in [2.45, 2.75) is 135 Å². The van der Waals surface area contributed by atoms with Crippen molar-refractivity contribution in [1.29, 1.82) is 0 Å². The van der Waals surface area contributed by atoms with E-state index < -0.39 is 18.0 Å². The molecule has 6 heteroatoms. The Kier molecular flexibility index (Phi) is 21.1. The Balaban J connectivity index is 3.51. The average molecular weight is 454 g/mol. The van der Waals surface area contributed by atoms with Gasteiger partial charge in [0, 0.05) is 12.8 Å². The summed E-state index contributed by atoms with van der Waals surface area (Å²) in [6.45, 7) is 2.25. The predicted molar refractivity (Wildman–Crippen MR) is 130 cm³/mol. The van der Waals surface area contributed by atoms with Crippen LogP contribution >= 0.6 is 0 Å². The van der Waals surface area contributed by atoms with Crippen molar-refractivity contribution in [1.82, 2.24) is 5.32 Å². The summed E-state index contributed by atoms with van der Waals surface area (Å²) >= 11 is 0. The number of unbranched alkanes of at least 4 members (excludes halogenated alkanes) is 13. The van der Waals surface area contributed by atoms with Gasteiger partial charge in [-0.3, -0.25) is 9.59 Å². The molecule has 1 atom stereocenters. The van der Waals surface area contributed by atoms with Crippen LogP contribution in [0.5, 0.6) is 0 Å². The van der Waals surface area contributed by atoms with Crippen LogP contribution in [-0.2, 0) is 14.4 Å². The van der Waals surface area contributed by atoms with E-state index in [1.807, 2.05) is 0 Å². The number of rotatable bonds is 23. The van der Waals surface area contributed by atoms with Crippen LogP contribution in [0.2, 0.25) is 0 Å². The van der Waals surface area contributed by atoms with E-state index in [0.29, 0.717) is 6.42 Å². The molecule has 0 unspecified atom stereocenters. The normalized spacial score (nSPS) is 12.2. The van der Waals surface area contributed by atoms with Gasteiger partial charge in [0.15, 0.2) is 0 Å². The lowest BCUT2D eigenvalue weighted by molar-refractivity contribution is -0.142. The number of aliphatic carboxylic acids is 2. The SMILES string of the molecule is CCCCCCCC/C=C\CCCCCCCCCC(=O)N[C@H](CCCC(=O)O)C(=O)O. The van der Waals surface area contributed by atoms with Crippen LogP contribution in [0.25, 0.3) is 0 Å². The molecule has 0 aromatic heterocycles. The first kappa shape index (κ1) is 30.1. The second-order valence-electron chi connectivity index (χ2n) is 8.79. The Hall–Kier alpha value is -1.85. The molecule has 0 aliphatic carbocycles. The molecular formula is C26H47NO5. The van der Waals surface area contributed by atoms with Gasteiger partial charge in [0.1, 0.15) is 6.04 Å². The van der Waals surface area contributed by atoms with E-state index in [1.165, 1.54) is 77.0 Å². The van der Waals surface area contributed by atoms with Crippen molar-refractivity contribution in [3.8, 4) is 0 Å². The largest absolute Gasteiger partial charge is 0.481 e. The smallest absolute Gasteiger partial charge is 0.326 e. The highest BCUT2D eigenvalue weighted by Gasteiger charge is 2.19. The van der Waals surface area contributed by atoms with E-state index in [1.54, 1.807) is 0 Å². The molecule has 3 N–H and O–H groups in total. The molecule has 0 rings (SSSR count). The van der Waals surface area contributed by atoms with Gasteiger partial charge in [-0.15, -0.1) is 0 Å². The topological polar surface area (TPSA) is 104 Å². The monoisotopic (exact) mass is 453 g/mol. The van der Waals surface area contributed by atoms with E-state index in [0.717, 1.165) is 19.3 Å². The number of amides is 1. The minimum Gasteiger partial charge on any atom is -0.481 e. The molecule has 0 saturated heterocycles. The van der Waals surface area contributed by atoms with Crippen LogP contribution in [0.4, 0.5) is 0 Å². The molecule has 0 heterocycles. The average Bonchev–Trinajstić information content (AvgIpc) is 2.74. The first-order chi connectivity index (χ1) is 15.5. The highest BCUT2D eigenvalue weighted by molar-refractivity contribution is 5.83. The summed E-state index contributed by atoms with van der Waals surface area (Å²) in [6.07, 6.45) is 23.5. The lowest BCUT2D eigenvalue weighted by atomic mass is 10.1. The predicted octanol–water partition coefficient (Wildman–Crippen LogP) is 6.63.